The molecule has 0 saturated carbocycles. The van der Waals surface area contributed by atoms with Crippen LogP contribution in [0.5, 0.6) is 5.75 Å². The summed E-state index contributed by atoms with van der Waals surface area (Å²) < 4.78 is 11.2. The summed E-state index contributed by atoms with van der Waals surface area (Å²) >= 11 is 0. The number of aryl methyl sites for hydroxylation is 2. The van der Waals surface area contributed by atoms with E-state index in [2.05, 4.69) is 5.32 Å². The van der Waals surface area contributed by atoms with Crippen molar-refractivity contribution >= 4 is 5.91 Å². The third kappa shape index (κ3) is 4.51. The van der Waals surface area contributed by atoms with Crippen LogP contribution in [0.2, 0.25) is 0 Å². The van der Waals surface area contributed by atoms with Gasteiger partial charge in [-0.15, -0.1) is 0 Å². The Morgan fingerprint density at radius 1 is 1.00 bits per heavy atom. The number of benzene rings is 2. The number of ether oxygens (including phenoxy) is 1. The maximum atomic E-state index is 12.2. The second-order valence-electron chi connectivity index (χ2n) is 5.93. The van der Waals surface area contributed by atoms with Gasteiger partial charge in [0.05, 0.1) is 5.56 Å². The van der Waals surface area contributed by atoms with Crippen molar-refractivity contribution in [2.75, 3.05) is 0 Å². The minimum atomic E-state index is -0.126. The fourth-order valence-electron chi connectivity index (χ4n) is 2.58. The summed E-state index contributed by atoms with van der Waals surface area (Å²) in [6.07, 6.45) is 0. The topological polar surface area (TPSA) is 51.5 Å². The first-order chi connectivity index (χ1) is 12.1. The molecule has 0 atom stereocenters. The van der Waals surface area contributed by atoms with Crippen LogP contribution in [-0.4, -0.2) is 5.91 Å². The Labute approximate surface area is 147 Å². The van der Waals surface area contributed by atoms with E-state index in [-0.39, 0.29) is 5.91 Å². The van der Waals surface area contributed by atoms with E-state index in [0.29, 0.717) is 24.5 Å². The molecular formula is C21H21NO3. The van der Waals surface area contributed by atoms with Crippen molar-refractivity contribution in [2.45, 2.75) is 27.0 Å². The lowest BCUT2D eigenvalue weighted by Crippen LogP contribution is -2.22. The molecule has 1 N–H and O–H groups in total. The molecule has 0 bridgehead atoms. The summed E-state index contributed by atoms with van der Waals surface area (Å²) in [6, 6.07) is 19.5. The average molecular weight is 335 g/mol. The maximum Gasteiger partial charge on any atom is 0.255 e. The van der Waals surface area contributed by atoms with Crippen molar-refractivity contribution in [3.8, 4) is 5.75 Å². The van der Waals surface area contributed by atoms with Crippen LogP contribution in [0.25, 0.3) is 0 Å². The average Bonchev–Trinajstić information content (AvgIpc) is 2.98. The Balaban J connectivity index is 1.52. The first-order valence-electron chi connectivity index (χ1n) is 8.23. The normalized spacial score (nSPS) is 10.5. The molecule has 25 heavy (non-hydrogen) atoms. The maximum absolute atomic E-state index is 12.2. The molecule has 0 spiro atoms. The fraction of sp³-hybridized carbons (Fsp3) is 0.190. The Hall–Kier alpha value is -3.01. The van der Waals surface area contributed by atoms with Gasteiger partial charge in [0.1, 0.15) is 23.9 Å². The standard InChI is InChI=1S/C21H21NO3/c1-15-12-20(16(2)25-15)21(23)22-13-17-8-10-19(11-9-17)24-14-18-6-4-3-5-7-18/h3-12H,13-14H2,1-2H3,(H,22,23). The molecule has 0 aliphatic carbocycles. The molecule has 0 aliphatic rings. The van der Waals surface area contributed by atoms with E-state index in [1.807, 2.05) is 61.5 Å². The second kappa shape index (κ2) is 7.71. The van der Waals surface area contributed by atoms with Crippen LogP contribution in [0.15, 0.2) is 65.1 Å². The third-order valence-electron chi connectivity index (χ3n) is 3.91. The SMILES string of the molecule is Cc1cc(C(=O)NCc2ccc(OCc3ccccc3)cc2)c(C)o1. The summed E-state index contributed by atoms with van der Waals surface area (Å²) in [5, 5.41) is 2.91. The molecule has 1 heterocycles. The predicted molar refractivity (Wildman–Crippen MR) is 96.6 cm³/mol. The smallest absolute Gasteiger partial charge is 0.255 e. The molecule has 0 saturated heterocycles. The van der Waals surface area contributed by atoms with E-state index >= 15 is 0 Å². The van der Waals surface area contributed by atoms with E-state index in [4.69, 9.17) is 9.15 Å². The van der Waals surface area contributed by atoms with Crippen molar-refractivity contribution in [1.29, 1.82) is 0 Å². The van der Waals surface area contributed by atoms with Gasteiger partial charge in [-0.05, 0) is 43.2 Å². The number of carbonyl (C=O) groups excluding carboxylic acids is 1. The van der Waals surface area contributed by atoms with Crippen molar-refractivity contribution in [3.05, 3.63) is 88.9 Å². The van der Waals surface area contributed by atoms with Gasteiger partial charge in [-0.3, -0.25) is 4.79 Å². The van der Waals surface area contributed by atoms with E-state index in [0.717, 1.165) is 22.6 Å². The van der Waals surface area contributed by atoms with Crippen molar-refractivity contribution < 1.29 is 13.9 Å². The van der Waals surface area contributed by atoms with Crippen LogP contribution in [-0.2, 0) is 13.2 Å². The fourth-order valence-corrected chi connectivity index (χ4v) is 2.58. The molecule has 0 aliphatic heterocycles. The molecule has 0 unspecified atom stereocenters. The number of hydrogen-bond acceptors (Lipinski definition) is 3. The monoisotopic (exact) mass is 335 g/mol. The van der Waals surface area contributed by atoms with Gasteiger partial charge in [-0.2, -0.15) is 0 Å². The Morgan fingerprint density at radius 2 is 1.72 bits per heavy atom. The Kier molecular flexibility index (Phi) is 5.19. The van der Waals surface area contributed by atoms with E-state index < -0.39 is 0 Å². The zero-order valence-electron chi connectivity index (χ0n) is 14.4. The Bertz CT molecular complexity index is 835. The van der Waals surface area contributed by atoms with Gasteiger partial charge in [-0.25, -0.2) is 0 Å². The first kappa shape index (κ1) is 16.8. The van der Waals surface area contributed by atoms with Gasteiger partial charge in [0.2, 0.25) is 0 Å². The van der Waals surface area contributed by atoms with Crippen molar-refractivity contribution in [1.82, 2.24) is 5.32 Å². The molecular weight excluding hydrogens is 314 g/mol. The van der Waals surface area contributed by atoms with Gasteiger partial charge < -0.3 is 14.5 Å². The molecule has 2 aromatic carbocycles. The zero-order valence-corrected chi connectivity index (χ0v) is 14.4. The van der Waals surface area contributed by atoms with Gasteiger partial charge in [0, 0.05) is 6.54 Å². The van der Waals surface area contributed by atoms with Gasteiger partial charge >= 0.3 is 0 Å². The quantitative estimate of drug-likeness (QED) is 0.726. The van der Waals surface area contributed by atoms with Crippen LogP contribution in [0, 0.1) is 13.8 Å². The highest BCUT2D eigenvalue weighted by molar-refractivity contribution is 5.95. The van der Waals surface area contributed by atoms with Gasteiger partial charge in [0.15, 0.2) is 0 Å². The highest BCUT2D eigenvalue weighted by Gasteiger charge is 2.12. The number of hydrogen-bond donors (Lipinski definition) is 1. The van der Waals surface area contributed by atoms with Crippen LogP contribution in [0.4, 0.5) is 0 Å². The zero-order chi connectivity index (χ0) is 17.6. The highest BCUT2D eigenvalue weighted by atomic mass is 16.5. The molecule has 3 aromatic rings. The number of furan rings is 1. The summed E-state index contributed by atoms with van der Waals surface area (Å²) in [7, 11) is 0. The third-order valence-corrected chi connectivity index (χ3v) is 3.91. The molecule has 4 nitrogen and oxygen atoms in total. The van der Waals surface area contributed by atoms with Crippen LogP contribution in [0.1, 0.15) is 33.0 Å². The largest absolute Gasteiger partial charge is 0.489 e. The van der Waals surface area contributed by atoms with Crippen LogP contribution < -0.4 is 10.1 Å². The van der Waals surface area contributed by atoms with E-state index in [1.54, 1.807) is 13.0 Å². The molecule has 1 amide bonds. The lowest BCUT2D eigenvalue weighted by Gasteiger charge is -2.08. The minimum absolute atomic E-state index is 0.126. The van der Waals surface area contributed by atoms with Crippen LogP contribution >= 0.6 is 0 Å². The van der Waals surface area contributed by atoms with Gasteiger partial charge in [-0.1, -0.05) is 42.5 Å². The first-order valence-corrected chi connectivity index (χ1v) is 8.23. The lowest BCUT2D eigenvalue weighted by molar-refractivity contribution is 0.0949. The molecule has 1 aromatic heterocycles. The Morgan fingerprint density at radius 3 is 2.36 bits per heavy atom. The molecule has 0 fully saturated rings. The van der Waals surface area contributed by atoms with E-state index in [1.165, 1.54) is 0 Å². The summed E-state index contributed by atoms with van der Waals surface area (Å²) in [5.41, 5.74) is 2.73. The second-order valence-corrected chi connectivity index (χ2v) is 5.93. The molecule has 4 heteroatoms. The summed E-state index contributed by atoms with van der Waals surface area (Å²) in [4.78, 5) is 12.2. The lowest BCUT2D eigenvalue weighted by atomic mass is 10.2. The van der Waals surface area contributed by atoms with Crippen LogP contribution in [0.3, 0.4) is 0 Å². The van der Waals surface area contributed by atoms with Gasteiger partial charge in [0.25, 0.3) is 5.91 Å². The summed E-state index contributed by atoms with van der Waals surface area (Å²) in [5.74, 6) is 2.06. The number of rotatable bonds is 6. The summed E-state index contributed by atoms with van der Waals surface area (Å²) in [6.45, 7) is 4.62. The number of amides is 1. The van der Waals surface area contributed by atoms with Crippen molar-refractivity contribution in [3.63, 3.8) is 0 Å². The molecule has 0 radical (unpaired) electrons. The number of nitrogens with one attached hydrogen (secondary N) is 1. The molecule has 128 valence electrons. The minimum Gasteiger partial charge on any atom is -0.489 e. The van der Waals surface area contributed by atoms with E-state index in [9.17, 15) is 4.79 Å². The highest BCUT2D eigenvalue weighted by Crippen LogP contribution is 2.16. The molecule has 3 rings (SSSR count). The predicted octanol–water partition coefficient (Wildman–Crippen LogP) is 4.41. The number of carbonyl (C=O) groups is 1. The van der Waals surface area contributed by atoms with Crippen molar-refractivity contribution in [2.24, 2.45) is 0 Å².